The van der Waals surface area contributed by atoms with Gasteiger partial charge in [-0.05, 0) is 44.4 Å². The molecule has 1 aliphatic rings. The first-order valence-electron chi connectivity index (χ1n) is 4.91. The van der Waals surface area contributed by atoms with E-state index < -0.39 is 0 Å². The van der Waals surface area contributed by atoms with Crippen molar-refractivity contribution in [3.63, 3.8) is 0 Å². The molecule has 0 bridgehead atoms. The lowest BCUT2D eigenvalue weighted by Crippen LogP contribution is -2.18. The summed E-state index contributed by atoms with van der Waals surface area (Å²) in [6.45, 7) is 2.02. The molecule has 0 saturated heterocycles. The Bertz CT molecular complexity index is 275. The Balaban J connectivity index is 2.17. The summed E-state index contributed by atoms with van der Waals surface area (Å²) in [5.74, 6) is 0.842. The fourth-order valence-electron chi connectivity index (χ4n) is 1.77. The molecule has 0 spiro atoms. The summed E-state index contributed by atoms with van der Waals surface area (Å²) in [5.41, 5.74) is 2.42. The lowest BCUT2D eigenvalue weighted by molar-refractivity contribution is 0.527. The summed E-state index contributed by atoms with van der Waals surface area (Å²) >= 11 is 0. The molecular weight excluding hydrogens is 160 g/mol. The van der Waals surface area contributed by atoms with Crippen LogP contribution < -0.4 is 5.32 Å². The molecule has 0 amide bonds. The van der Waals surface area contributed by atoms with Crippen molar-refractivity contribution >= 4 is 0 Å². The Labute approximate surface area is 79.4 Å². The molecule has 1 aromatic heterocycles. The van der Waals surface area contributed by atoms with Crippen LogP contribution in [0.15, 0.2) is 18.3 Å². The van der Waals surface area contributed by atoms with Crippen molar-refractivity contribution in [2.24, 2.45) is 5.92 Å². The molecule has 1 heterocycles. The van der Waals surface area contributed by atoms with Crippen LogP contribution >= 0.6 is 0 Å². The van der Waals surface area contributed by atoms with Gasteiger partial charge in [0, 0.05) is 17.9 Å². The van der Waals surface area contributed by atoms with Gasteiger partial charge in [0.15, 0.2) is 0 Å². The number of hydrogen-bond acceptors (Lipinski definition) is 2. The molecule has 1 saturated carbocycles. The number of aryl methyl sites for hydroxylation is 1. The summed E-state index contributed by atoms with van der Waals surface area (Å²) in [6.07, 6.45) is 4.72. The van der Waals surface area contributed by atoms with Gasteiger partial charge in [-0.15, -0.1) is 0 Å². The molecule has 2 nitrogen and oxygen atoms in total. The van der Waals surface area contributed by atoms with Gasteiger partial charge in [0.25, 0.3) is 0 Å². The van der Waals surface area contributed by atoms with E-state index in [2.05, 4.69) is 22.4 Å². The fraction of sp³-hybridized carbons (Fsp3) is 0.545. The van der Waals surface area contributed by atoms with Gasteiger partial charge in [0.05, 0.1) is 0 Å². The first-order valence-corrected chi connectivity index (χ1v) is 4.91. The number of hydrogen-bond donors (Lipinski definition) is 1. The third-order valence-corrected chi connectivity index (χ3v) is 2.70. The minimum absolute atomic E-state index is 0.521. The molecule has 1 atom stereocenters. The van der Waals surface area contributed by atoms with Crippen LogP contribution in [0.25, 0.3) is 0 Å². The van der Waals surface area contributed by atoms with Gasteiger partial charge in [-0.2, -0.15) is 0 Å². The molecule has 0 aliphatic heterocycles. The van der Waals surface area contributed by atoms with Gasteiger partial charge in [-0.1, -0.05) is 6.07 Å². The number of pyridine rings is 1. The van der Waals surface area contributed by atoms with Crippen LogP contribution in [-0.2, 0) is 0 Å². The second-order valence-corrected chi connectivity index (χ2v) is 3.84. The van der Waals surface area contributed by atoms with E-state index >= 15 is 0 Å². The molecule has 0 aromatic carbocycles. The summed E-state index contributed by atoms with van der Waals surface area (Å²) < 4.78 is 0. The number of aromatic nitrogens is 1. The minimum atomic E-state index is 0.521. The standard InChI is InChI=1S/C11H16N2/c1-8-3-4-10(7-13-8)11(12-2)9-5-6-9/h3-4,7,9,11-12H,5-6H2,1-2H3. The molecule has 1 fully saturated rings. The van der Waals surface area contributed by atoms with Crippen molar-refractivity contribution in [2.45, 2.75) is 25.8 Å². The second kappa shape index (κ2) is 3.46. The van der Waals surface area contributed by atoms with Crippen LogP contribution in [-0.4, -0.2) is 12.0 Å². The summed E-state index contributed by atoms with van der Waals surface area (Å²) in [5, 5.41) is 3.36. The van der Waals surface area contributed by atoms with Gasteiger partial charge in [-0.3, -0.25) is 4.98 Å². The van der Waals surface area contributed by atoms with E-state index in [4.69, 9.17) is 0 Å². The lowest BCUT2D eigenvalue weighted by atomic mass is 10.0. The zero-order chi connectivity index (χ0) is 9.26. The van der Waals surface area contributed by atoms with Gasteiger partial charge < -0.3 is 5.32 Å². The highest BCUT2D eigenvalue weighted by Gasteiger charge is 2.31. The largest absolute Gasteiger partial charge is 0.313 e. The van der Waals surface area contributed by atoms with Crippen molar-refractivity contribution in [1.29, 1.82) is 0 Å². The number of nitrogens with zero attached hydrogens (tertiary/aromatic N) is 1. The highest BCUT2D eigenvalue weighted by Crippen LogP contribution is 2.40. The van der Waals surface area contributed by atoms with Gasteiger partial charge >= 0.3 is 0 Å². The lowest BCUT2D eigenvalue weighted by Gasteiger charge is -2.15. The Hall–Kier alpha value is -0.890. The normalized spacial score (nSPS) is 18.6. The monoisotopic (exact) mass is 176 g/mol. The maximum absolute atomic E-state index is 4.32. The molecule has 1 N–H and O–H groups in total. The zero-order valence-corrected chi connectivity index (χ0v) is 8.25. The highest BCUT2D eigenvalue weighted by atomic mass is 14.9. The number of rotatable bonds is 3. The molecule has 2 rings (SSSR count). The minimum Gasteiger partial charge on any atom is -0.313 e. The molecule has 1 aliphatic carbocycles. The van der Waals surface area contributed by atoms with Crippen LogP contribution in [0.3, 0.4) is 0 Å². The maximum atomic E-state index is 4.32. The van der Waals surface area contributed by atoms with Gasteiger partial charge in [0.1, 0.15) is 0 Å². The summed E-state index contributed by atoms with van der Waals surface area (Å²) in [6, 6.07) is 4.79. The van der Waals surface area contributed by atoms with Gasteiger partial charge in [0.2, 0.25) is 0 Å². The average molecular weight is 176 g/mol. The van der Waals surface area contributed by atoms with Crippen molar-refractivity contribution < 1.29 is 0 Å². The quantitative estimate of drug-likeness (QED) is 0.762. The third kappa shape index (κ3) is 1.89. The topological polar surface area (TPSA) is 24.9 Å². The first-order chi connectivity index (χ1) is 6.31. The summed E-state index contributed by atoms with van der Waals surface area (Å²) in [4.78, 5) is 4.32. The van der Waals surface area contributed by atoms with Crippen molar-refractivity contribution in [3.05, 3.63) is 29.6 Å². The zero-order valence-electron chi connectivity index (χ0n) is 8.25. The molecular formula is C11H16N2. The molecule has 0 radical (unpaired) electrons. The van der Waals surface area contributed by atoms with E-state index in [-0.39, 0.29) is 0 Å². The second-order valence-electron chi connectivity index (χ2n) is 3.84. The smallest absolute Gasteiger partial charge is 0.0372 e. The Morgan fingerprint density at radius 2 is 2.23 bits per heavy atom. The first kappa shape index (κ1) is 8.70. The molecule has 13 heavy (non-hydrogen) atoms. The van der Waals surface area contributed by atoms with Gasteiger partial charge in [-0.25, -0.2) is 0 Å². The Morgan fingerprint density at radius 1 is 1.46 bits per heavy atom. The van der Waals surface area contributed by atoms with Crippen LogP contribution in [0.5, 0.6) is 0 Å². The third-order valence-electron chi connectivity index (χ3n) is 2.70. The van der Waals surface area contributed by atoms with Crippen LogP contribution in [0, 0.1) is 12.8 Å². The van der Waals surface area contributed by atoms with Crippen molar-refractivity contribution in [3.8, 4) is 0 Å². The van der Waals surface area contributed by atoms with Crippen LogP contribution in [0.4, 0.5) is 0 Å². The predicted molar refractivity (Wildman–Crippen MR) is 53.5 cm³/mol. The Morgan fingerprint density at radius 3 is 2.69 bits per heavy atom. The van der Waals surface area contributed by atoms with E-state index in [1.807, 2.05) is 20.2 Å². The highest BCUT2D eigenvalue weighted by molar-refractivity contribution is 5.19. The van der Waals surface area contributed by atoms with E-state index in [1.54, 1.807) is 0 Å². The molecule has 1 unspecified atom stereocenters. The Kier molecular flexibility index (Phi) is 2.32. The van der Waals surface area contributed by atoms with Crippen LogP contribution in [0.1, 0.15) is 30.1 Å². The fourth-order valence-corrected chi connectivity index (χ4v) is 1.77. The van der Waals surface area contributed by atoms with Crippen molar-refractivity contribution in [1.82, 2.24) is 10.3 Å². The molecule has 2 heteroatoms. The molecule has 1 aromatic rings. The van der Waals surface area contributed by atoms with Crippen LogP contribution in [0.2, 0.25) is 0 Å². The van der Waals surface area contributed by atoms with Crippen molar-refractivity contribution in [2.75, 3.05) is 7.05 Å². The molecule has 70 valence electrons. The number of nitrogens with one attached hydrogen (secondary N) is 1. The SMILES string of the molecule is CNC(c1ccc(C)nc1)C1CC1. The van der Waals surface area contributed by atoms with E-state index in [1.165, 1.54) is 18.4 Å². The van der Waals surface area contributed by atoms with E-state index in [0.29, 0.717) is 6.04 Å². The maximum Gasteiger partial charge on any atom is 0.0372 e. The van der Waals surface area contributed by atoms with E-state index in [9.17, 15) is 0 Å². The average Bonchev–Trinajstić information content (AvgIpc) is 2.93. The predicted octanol–water partition coefficient (Wildman–Crippen LogP) is 2.06. The van der Waals surface area contributed by atoms with E-state index in [0.717, 1.165) is 11.6 Å². The summed E-state index contributed by atoms with van der Waals surface area (Å²) in [7, 11) is 2.03.